The second-order valence-electron chi connectivity index (χ2n) is 9.26. The Kier molecular flexibility index (Phi) is 5.34. The van der Waals surface area contributed by atoms with E-state index in [1.807, 2.05) is 54.6 Å². The number of allylic oxidation sites excluding steroid dienone is 2. The Bertz CT molecular complexity index is 1460. The predicted octanol–water partition coefficient (Wildman–Crippen LogP) is 5.12. The van der Waals surface area contributed by atoms with E-state index < -0.39 is 4.92 Å². The van der Waals surface area contributed by atoms with Gasteiger partial charge in [-0.05, 0) is 40.7 Å². The molecule has 0 aromatic heterocycles. The standard InChI is InChI=1S/C27H20ClN3O5/c28-20-11-19(13-29-30-26(32)23-16-8-9-17(10-16)24(23)27(30)33)25(22(12-20)31(34)35)36-14-18-6-3-5-15-4-1-2-7-21(15)18/h1-9,11-13,16-17,23-24H,10,14H2/t16-,17-,23-,24+/m0/s1. The van der Waals surface area contributed by atoms with E-state index in [-0.39, 0.29) is 64.1 Å². The van der Waals surface area contributed by atoms with Gasteiger partial charge in [0.05, 0.1) is 23.0 Å². The number of fused-ring (bicyclic) bond motifs is 6. The van der Waals surface area contributed by atoms with Crippen LogP contribution in [-0.4, -0.2) is 28.0 Å². The first-order chi connectivity index (χ1) is 17.4. The van der Waals surface area contributed by atoms with Gasteiger partial charge in [-0.25, -0.2) is 0 Å². The van der Waals surface area contributed by atoms with Crippen LogP contribution in [0.15, 0.2) is 71.9 Å². The molecule has 1 aliphatic heterocycles. The summed E-state index contributed by atoms with van der Waals surface area (Å²) in [5.74, 6) is -1.38. The molecule has 2 fully saturated rings. The summed E-state index contributed by atoms with van der Waals surface area (Å²) in [6.45, 7) is 0.0609. The number of amides is 2. The minimum atomic E-state index is -0.582. The summed E-state index contributed by atoms with van der Waals surface area (Å²) >= 11 is 6.16. The molecule has 2 bridgehead atoms. The monoisotopic (exact) mass is 501 g/mol. The number of hydrazone groups is 1. The van der Waals surface area contributed by atoms with E-state index in [0.717, 1.165) is 27.8 Å². The number of carbonyl (C=O) groups excluding carboxylic acids is 2. The lowest BCUT2D eigenvalue weighted by Gasteiger charge is -2.13. The Hall–Kier alpha value is -4.04. The van der Waals surface area contributed by atoms with E-state index in [1.54, 1.807) is 0 Å². The van der Waals surface area contributed by atoms with Crippen molar-refractivity contribution in [3.8, 4) is 5.75 Å². The van der Waals surface area contributed by atoms with Gasteiger partial charge in [0.1, 0.15) is 6.61 Å². The molecule has 0 radical (unpaired) electrons. The predicted molar refractivity (Wildman–Crippen MR) is 134 cm³/mol. The number of rotatable bonds is 6. The van der Waals surface area contributed by atoms with Crippen LogP contribution in [-0.2, 0) is 16.2 Å². The lowest BCUT2D eigenvalue weighted by Crippen LogP contribution is -2.28. The average molecular weight is 502 g/mol. The van der Waals surface area contributed by atoms with Crippen molar-refractivity contribution in [1.82, 2.24) is 5.01 Å². The topological polar surface area (TPSA) is 102 Å². The third kappa shape index (κ3) is 3.56. The molecule has 9 heteroatoms. The Labute approximate surface area is 210 Å². The van der Waals surface area contributed by atoms with Crippen molar-refractivity contribution < 1.29 is 19.2 Å². The smallest absolute Gasteiger partial charge is 0.313 e. The Morgan fingerprint density at radius 2 is 1.75 bits per heavy atom. The van der Waals surface area contributed by atoms with Crippen LogP contribution < -0.4 is 4.74 Å². The van der Waals surface area contributed by atoms with E-state index in [0.29, 0.717) is 0 Å². The van der Waals surface area contributed by atoms with Gasteiger partial charge >= 0.3 is 5.69 Å². The molecule has 1 heterocycles. The molecule has 36 heavy (non-hydrogen) atoms. The maximum absolute atomic E-state index is 13.0. The van der Waals surface area contributed by atoms with Gasteiger partial charge in [0.25, 0.3) is 11.8 Å². The van der Waals surface area contributed by atoms with Crippen LogP contribution in [0.4, 0.5) is 5.69 Å². The Morgan fingerprint density at radius 1 is 1.06 bits per heavy atom. The highest BCUT2D eigenvalue weighted by Gasteiger charge is 2.59. The van der Waals surface area contributed by atoms with Crippen molar-refractivity contribution in [2.24, 2.45) is 28.8 Å². The van der Waals surface area contributed by atoms with Crippen molar-refractivity contribution >= 4 is 46.1 Å². The number of nitrogens with zero attached hydrogens (tertiary/aromatic N) is 3. The van der Waals surface area contributed by atoms with Gasteiger partial charge in [0.2, 0.25) is 5.75 Å². The van der Waals surface area contributed by atoms with Crippen LogP contribution >= 0.6 is 11.6 Å². The third-order valence-electron chi connectivity index (χ3n) is 7.27. The summed E-state index contributed by atoms with van der Waals surface area (Å²) in [5.41, 5.74) is 0.719. The normalized spacial score (nSPS) is 24.3. The van der Waals surface area contributed by atoms with E-state index in [1.165, 1.54) is 18.3 Å². The Balaban J connectivity index is 1.33. The molecule has 3 aromatic carbocycles. The number of carbonyl (C=O) groups is 2. The first kappa shape index (κ1) is 22.4. The molecular formula is C27H20ClN3O5. The number of nitro benzene ring substituents is 1. The van der Waals surface area contributed by atoms with Crippen LogP contribution in [0.2, 0.25) is 5.02 Å². The molecule has 0 unspecified atom stereocenters. The van der Waals surface area contributed by atoms with E-state index >= 15 is 0 Å². The first-order valence-corrected chi connectivity index (χ1v) is 12.0. The highest BCUT2D eigenvalue weighted by Crippen LogP contribution is 2.52. The van der Waals surface area contributed by atoms with Crippen LogP contribution in [0.3, 0.4) is 0 Å². The first-order valence-electron chi connectivity index (χ1n) is 11.6. The van der Waals surface area contributed by atoms with Gasteiger partial charge in [-0.1, -0.05) is 66.2 Å². The Morgan fingerprint density at radius 3 is 2.47 bits per heavy atom. The van der Waals surface area contributed by atoms with Gasteiger partial charge in [-0.15, -0.1) is 0 Å². The number of hydrogen-bond acceptors (Lipinski definition) is 6. The van der Waals surface area contributed by atoms with Gasteiger partial charge in [0, 0.05) is 16.7 Å². The van der Waals surface area contributed by atoms with Crippen LogP contribution in [0.25, 0.3) is 10.8 Å². The summed E-state index contributed by atoms with van der Waals surface area (Å²) in [4.78, 5) is 37.2. The molecule has 4 atom stereocenters. The fourth-order valence-electron chi connectivity index (χ4n) is 5.68. The molecule has 3 aliphatic rings. The molecule has 3 aromatic rings. The molecule has 1 saturated heterocycles. The zero-order chi connectivity index (χ0) is 25.0. The van der Waals surface area contributed by atoms with Crippen molar-refractivity contribution in [2.75, 3.05) is 0 Å². The molecule has 2 amide bonds. The van der Waals surface area contributed by atoms with Crippen molar-refractivity contribution in [3.05, 3.63) is 93.0 Å². The summed E-state index contributed by atoms with van der Waals surface area (Å²) < 4.78 is 5.98. The zero-order valence-corrected chi connectivity index (χ0v) is 19.7. The number of halogens is 1. The largest absolute Gasteiger partial charge is 0.481 e. The number of ether oxygens (including phenoxy) is 1. The number of benzene rings is 3. The molecular weight excluding hydrogens is 482 g/mol. The maximum atomic E-state index is 13.0. The van der Waals surface area contributed by atoms with E-state index in [9.17, 15) is 19.7 Å². The maximum Gasteiger partial charge on any atom is 0.313 e. The molecule has 6 rings (SSSR count). The van der Waals surface area contributed by atoms with Gasteiger partial charge in [-0.2, -0.15) is 10.1 Å². The van der Waals surface area contributed by atoms with Crippen molar-refractivity contribution in [1.29, 1.82) is 0 Å². The number of nitro groups is 1. The summed E-state index contributed by atoms with van der Waals surface area (Å²) in [5, 5.41) is 19.0. The fraction of sp³-hybridized carbons (Fsp3) is 0.222. The average Bonchev–Trinajstić information content (AvgIpc) is 3.55. The van der Waals surface area contributed by atoms with Gasteiger partial charge in [-0.3, -0.25) is 19.7 Å². The van der Waals surface area contributed by atoms with Crippen LogP contribution in [0, 0.1) is 33.8 Å². The van der Waals surface area contributed by atoms with Gasteiger partial charge < -0.3 is 4.74 Å². The summed E-state index contributed by atoms with van der Waals surface area (Å²) in [6, 6.07) is 16.2. The SMILES string of the molecule is O=C1[C@@H]2[C@H](C(=O)N1N=Cc1cc(Cl)cc([N+](=O)[O-])c1OCc1cccc3ccccc13)[C@H]1C=C[C@H]2C1. The molecule has 180 valence electrons. The lowest BCUT2D eigenvalue weighted by molar-refractivity contribution is -0.385. The van der Waals surface area contributed by atoms with Crippen molar-refractivity contribution in [2.45, 2.75) is 13.0 Å². The zero-order valence-electron chi connectivity index (χ0n) is 18.9. The van der Waals surface area contributed by atoms with Gasteiger partial charge in [0.15, 0.2) is 0 Å². The number of imide groups is 1. The fourth-order valence-corrected chi connectivity index (χ4v) is 5.90. The minimum absolute atomic E-state index is 0.0397. The molecule has 2 aliphatic carbocycles. The molecule has 0 N–H and O–H groups in total. The minimum Gasteiger partial charge on any atom is -0.481 e. The van der Waals surface area contributed by atoms with E-state index in [4.69, 9.17) is 16.3 Å². The molecule has 8 nitrogen and oxygen atoms in total. The van der Waals surface area contributed by atoms with Crippen molar-refractivity contribution in [3.63, 3.8) is 0 Å². The third-order valence-corrected chi connectivity index (χ3v) is 7.49. The van der Waals surface area contributed by atoms with E-state index in [2.05, 4.69) is 5.10 Å². The molecule has 0 spiro atoms. The lowest BCUT2D eigenvalue weighted by atomic mass is 9.85. The highest BCUT2D eigenvalue weighted by atomic mass is 35.5. The number of hydrogen-bond donors (Lipinski definition) is 0. The highest BCUT2D eigenvalue weighted by molar-refractivity contribution is 6.31. The van der Waals surface area contributed by atoms with Crippen LogP contribution in [0.1, 0.15) is 17.5 Å². The summed E-state index contributed by atoms with van der Waals surface area (Å²) in [6.07, 6.45) is 6.06. The second-order valence-corrected chi connectivity index (χ2v) is 9.70. The second kappa shape index (κ2) is 8.57. The van der Waals surface area contributed by atoms with Crippen LogP contribution in [0.5, 0.6) is 5.75 Å². The quantitative estimate of drug-likeness (QED) is 0.153. The summed E-state index contributed by atoms with van der Waals surface area (Å²) in [7, 11) is 0. The molecule has 1 saturated carbocycles.